The van der Waals surface area contributed by atoms with Crippen LogP contribution in [0.15, 0.2) is 0 Å². The third-order valence-corrected chi connectivity index (χ3v) is 1.15. The fourth-order valence-corrected chi connectivity index (χ4v) is 0.606. The number of hydrogen-bond donors (Lipinski definition) is 1. The van der Waals surface area contributed by atoms with Gasteiger partial charge < -0.3 is 4.74 Å². The first-order valence-electron chi connectivity index (χ1n) is 2.78. The molecule has 1 heterocycles. The lowest BCUT2D eigenvalue weighted by Gasteiger charge is -2.26. The summed E-state index contributed by atoms with van der Waals surface area (Å²) in [5.74, 6) is 0. The summed E-state index contributed by atoms with van der Waals surface area (Å²) in [5.41, 5.74) is 0. The summed E-state index contributed by atoms with van der Waals surface area (Å²) in [5, 5.41) is 3.12. The molecule has 0 aromatic rings. The fourth-order valence-electron chi connectivity index (χ4n) is 0.606. The van der Waals surface area contributed by atoms with E-state index in [9.17, 15) is 0 Å². The van der Waals surface area contributed by atoms with Crippen LogP contribution in [-0.4, -0.2) is 19.4 Å². The van der Waals surface area contributed by atoms with Crippen molar-refractivity contribution in [2.24, 2.45) is 0 Å². The zero-order valence-corrected chi connectivity index (χ0v) is 4.61. The SMILES string of the molecule is CCO[C@H]1CCN1. The summed E-state index contributed by atoms with van der Waals surface area (Å²) in [6.45, 7) is 3.97. The zero-order valence-electron chi connectivity index (χ0n) is 4.61. The molecule has 0 unspecified atom stereocenters. The van der Waals surface area contributed by atoms with Crippen molar-refractivity contribution in [1.29, 1.82) is 0 Å². The van der Waals surface area contributed by atoms with Gasteiger partial charge in [-0.15, -0.1) is 0 Å². The van der Waals surface area contributed by atoms with Crippen molar-refractivity contribution >= 4 is 0 Å². The second kappa shape index (κ2) is 2.28. The molecular formula is C5H11NO. The van der Waals surface area contributed by atoms with E-state index in [0.29, 0.717) is 6.23 Å². The Morgan fingerprint density at radius 2 is 2.57 bits per heavy atom. The number of nitrogens with one attached hydrogen (secondary N) is 1. The minimum absolute atomic E-state index is 0.380. The van der Waals surface area contributed by atoms with Crippen LogP contribution in [0, 0.1) is 0 Å². The van der Waals surface area contributed by atoms with Gasteiger partial charge in [0.05, 0.1) is 0 Å². The highest BCUT2D eigenvalue weighted by Crippen LogP contribution is 2.01. The van der Waals surface area contributed by atoms with Gasteiger partial charge in [0, 0.05) is 13.2 Å². The molecule has 0 bridgehead atoms. The molecule has 0 saturated carbocycles. The lowest BCUT2D eigenvalue weighted by molar-refractivity contribution is -0.00615. The summed E-state index contributed by atoms with van der Waals surface area (Å²) < 4.78 is 5.17. The van der Waals surface area contributed by atoms with E-state index in [2.05, 4.69) is 5.32 Å². The molecule has 0 amide bonds. The van der Waals surface area contributed by atoms with Crippen molar-refractivity contribution < 1.29 is 4.74 Å². The normalized spacial score (nSPS) is 29.6. The monoisotopic (exact) mass is 101 g/mol. The van der Waals surface area contributed by atoms with Gasteiger partial charge >= 0.3 is 0 Å². The largest absolute Gasteiger partial charge is 0.364 e. The molecular weight excluding hydrogens is 90.1 g/mol. The van der Waals surface area contributed by atoms with Crippen molar-refractivity contribution in [1.82, 2.24) is 5.32 Å². The van der Waals surface area contributed by atoms with Gasteiger partial charge in [0.15, 0.2) is 0 Å². The van der Waals surface area contributed by atoms with Crippen LogP contribution < -0.4 is 5.32 Å². The van der Waals surface area contributed by atoms with Crippen LogP contribution in [0.2, 0.25) is 0 Å². The van der Waals surface area contributed by atoms with Gasteiger partial charge in [-0.3, -0.25) is 5.32 Å². The molecule has 1 aliphatic heterocycles. The molecule has 1 rings (SSSR count). The predicted octanol–water partition coefficient (Wildman–Crippen LogP) is 0.342. The molecule has 0 aliphatic carbocycles. The first-order chi connectivity index (χ1) is 3.43. The van der Waals surface area contributed by atoms with Crippen LogP contribution in [0.3, 0.4) is 0 Å². The molecule has 0 aromatic carbocycles. The highest BCUT2D eigenvalue weighted by atomic mass is 16.5. The lowest BCUT2D eigenvalue weighted by Crippen LogP contribution is -2.44. The molecule has 1 N–H and O–H groups in total. The molecule has 1 aliphatic rings. The minimum Gasteiger partial charge on any atom is -0.364 e. The third-order valence-electron chi connectivity index (χ3n) is 1.15. The van der Waals surface area contributed by atoms with E-state index < -0.39 is 0 Å². The van der Waals surface area contributed by atoms with Crippen molar-refractivity contribution in [2.45, 2.75) is 19.6 Å². The predicted molar refractivity (Wildman–Crippen MR) is 28.0 cm³/mol. The molecule has 0 spiro atoms. The van der Waals surface area contributed by atoms with Gasteiger partial charge in [-0.25, -0.2) is 0 Å². The molecule has 0 radical (unpaired) electrons. The van der Waals surface area contributed by atoms with E-state index in [-0.39, 0.29) is 0 Å². The van der Waals surface area contributed by atoms with Crippen molar-refractivity contribution in [3.63, 3.8) is 0 Å². The van der Waals surface area contributed by atoms with Gasteiger partial charge in [-0.05, 0) is 13.3 Å². The fraction of sp³-hybridized carbons (Fsp3) is 1.00. The van der Waals surface area contributed by atoms with Gasteiger partial charge in [0.2, 0.25) is 0 Å². The Bertz CT molecular complexity index is 52.0. The van der Waals surface area contributed by atoms with Crippen LogP contribution >= 0.6 is 0 Å². The van der Waals surface area contributed by atoms with Gasteiger partial charge in [0.25, 0.3) is 0 Å². The van der Waals surface area contributed by atoms with Crippen LogP contribution in [0.5, 0.6) is 0 Å². The minimum atomic E-state index is 0.380. The maximum Gasteiger partial charge on any atom is 0.109 e. The smallest absolute Gasteiger partial charge is 0.109 e. The summed E-state index contributed by atoms with van der Waals surface area (Å²) in [6.07, 6.45) is 1.57. The van der Waals surface area contributed by atoms with E-state index in [1.54, 1.807) is 0 Å². The zero-order chi connectivity index (χ0) is 5.11. The molecule has 7 heavy (non-hydrogen) atoms. The molecule has 1 fully saturated rings. The maximum absolute atomic E-state index is 5.17. The number of rotatable bonds is 2. The summed E-state index contributed by atoms with van der Waals surface area (Å²) >= 11 is 0. The van der Waals surface area contributed by atoms with E-state index in [4.69, 9.17) is 4.74 Å². The highest BCUT2D eigenvalue weighted by Gasteiger charge is 2.14. The molecule has 1 atom stereocenters. The lowest BCUT2D eigenvalue weighted by atomic mass is 10.2. The first-order valence-corrected chi connectivity index (χ1v) is 2.78. The summed E-state index contributed by atoms with van der Waals surface area (Å²) in [4.78, 5) is 0. The summed E-state index contributed by atoms with van der Waals surface area (Å²) in [6, 6.07) is 0. The average molecular weight is 101 g/mol. The highest BCUT2D eigenvalue weighted by molar-refractivity contribution is 4.66. The second-order valence-electron chi connectivity index (χ2n) is 1.69. The van der Waals surface area contributed by atoms with Crippen molar-refractivity contribution in [3.05, 3.63) is 0 Å². The average Bonchev–Trinajstić information content (AvgIpc) is 1.55. The molecule has 1 saturated heterocycles. The Labute approximate surface area is 43.9 Å². The number of ether oxygens (including phenoxy) is 1. The molecule has 2 heteroatoms. The molecule has 42 valence electrons. The Morgan fingerprint density at radius 1 is 1.86 bits per heavy atom. The van der Waals surface area contributed by atoms with E-state index in [1.165, 1.54) is 6.42 Å². The van der Waals surface area contributed by atoms with Crippen LogP contribution in [0.25, 0.3) is 0 Å². The number of hydrogen-bond acceptors (Lipinski definition) is 2. The third kappa shape index (κ3) is 1.14. The Balaban J connectivity index is 1.93. The summed E-state index contributed by atoms with van der Waals surface area (Å²) in [7, 11) is 0. The van der Waals surface area contributed by atoms with Crippen molar-refractivity contribution in [2.75, 3.05) is 13.2 Å². The first kappa shape index (κ1) is 5.06. The molecule has 2 nitrogen and oxygen atoms in total. The van der Waals surface area contributed by atoms with E-state index in [0.717, 1.165) is 13.2 Å². The Kier molecular flexibility index (Phi) is 1.65. The van der Waals surface area contributed by atoms with Crippen LogP contribution in [-0.2, 0) is 4.74 Å². The van der Waals surface area contributed by atoms with E-state index >= 15 is 0 Å². The van der Waals surface area contributed by atoms with Crippen LogP contribution in [0.1, 0.15) is 13.3 Å². The molecule has 0 aromatic heterocycles. The topological polar surface area (TPSA) is 21.3 Å². The Morgan fingerprint density at radius 3 is 2.71 bits per heavy atom. The van der Waals surface area contributed by atoms with Gasteiger partial charge in [-0.1, -0.05) is 0 Å². The van der Waals surface area contributed by atoms with E-state index in [1.807, 2.05) is 6.92 Å². The standard InChI is InChI=1S/C5H11NO/c1-2-7-5-3-4-6-5/h5-6H,2-4H2,1H3/t5-/m0/s1. The van der Waals surface area contributed by atoms with Gasteiger partial charge in [0.1, 0.15) is 6.23 Å². The van der Waals surface area contributed by atoms with Crippen molar-refractivity contribution in [3.8, 4) is 0 Å². The second-order valence-corrected chi connectivity index (χ2v) is 1.69. The quantitative estimate of drug-likeness (QED) is 0.541. The Hall–Kier alpha value is -0.0800. The van der Waals surface area contributed by atoms with Crippen LogP contribution in [0.4, 0.5) is 0 Å². The maximum atomic E-state index is 5.17. The van der Waals surface area contributed by atoms with Gasteiger partial charge in [-0.2, -0.15) is 0 Å².